The third-order valence-corrected chi connectivity index (χ3v) is 12.1. The first-order valence-electron chi connectivity index (χ1n) is 29.7. The summed E-state index contributed by atoms with van der Waals surface area (Å²) >= 11 is 0. The lowest BCUT2D eigenvalue weighted by Crippen LogP contribution is -2.30. The van der Waals surface area contributed by atoms with Crippen LogP contribution in [0, 0.1) is 0 Å². The summed E-state index contributed by atoms with van der Waals surface area (Å²) in [7, 11) is 0. The number of esters is 3. The van der Waals surface area contributed by atoms with Crippen LogP contribution in [0.4, 0.5) is 0 Å². The Hall–Kier alpha value is -4.45. The molecule has 6 heteroatoms. The summed E-state index contributed by atoms with van der Waals surface area (Å²) in [6, 6.07) is 0. The molecular formula is C67H108O6. The molecule has 0 amide bonds. The molecule has 0 heterocycles. The predicted molar refractivity (Wildman–Crippen MR) is 316 cm³/mol. The molecule has 0 bridgehead atoms. The van der Waals surface area contributed by atoms with Crippen molar-refractivity contribution >= 4 is 17.9 Å². The molecule has 6 nitrogen and oxygen atoms in total. The van der Waals surface area contributed by atoms with E-state index in [0.717, 1.165) is 116 Å². The van der Waals surface area contributed by atoms with Crippen molar-refractivity contribution in [2.45, 2.75) is 258 Å². The van der Waals surface area contributed by atoms with Crippen LogP contribution in [0.15, 0.2) is 134 Å². The molecule has 0 rings (SSSR count). The highest BCUT2D eigenvalue weighted by Crippen LogP contribution is 2.14. The summed E-state index contributed by atoms with van der Waals surface area (Å²) < 4.78 is 16.8. The fourth-order valence-corrected chi connectivity index (χ4v) is 7.75. The number of allylic oxidation sites excluding steroid dienone is 22. The van der Waals surface area contributed by atoms with Crippen molar-refractivity contribution in [2.24, 2.45) is 0 Å². The van der Waals surface area contributed by atoms with Gasteiger partial charge in [-0.1, -0.05) is 244 Å². The summed E-state index contributed by atoms with van der Waals surface area (Å²) in [4.78, 5) is 38.2. The molecule has 1 unspecified atom stereocenters. The van der Waals surface area contributed by atoms with E-state index in [1.54, 1.807) is 0 Å². The lowest BCUT2D eigenvalue weighted by molar-refractivity contribution is -0.166. The number of unbranched alkanes of at least 4 members (excludes halogenated alkanes) is 19. The minimum Gasteiger partial charge on any atom is -0.462 e. The molecular weight excluding hydrogens is 901 g/mol. The Morgan fingerprint density at radius 2 is 0.562 bits per heavy atom. The molecule has 73 heavy (non-hydrogen) atoms. The van der Waals surface area contributed by atoms with Gasteiger partial charge in [-0.15, -0.1) is 0 Å². The van der Waals surface area contributed by atoms with Crippen LogP contribution in [0.2, 0.25) is 0 Å². The quantitative estimate of drug-likeness (QED) is 0.0261. The second kappa shape index (κ2) is 60.1. The van der Waals surface area contributed by atoms with Crippen molar-refractivity contribution in [1.82, 2.24) is 0 Å². The van der Waals surface area contributed by atoms with Crippen LogP contribution in [0.25, 0.3) is 0 Å². The van der Waals surface area contributed by atoms with E-state index in [0.29, 0.717) is 19.3 Å². The van der Waals surface area contributed by atoms with Gasteiger partial charge in [0, 0.05) is 19.3 Å². The molecule has 0 aromatic rings. The molecule has 0 aromatic carbocycles. The summed E-state index contributed by atoms with van der Waals surface area (Å²) in [5, 5.41) is 0. The molecule has 0 spiro atoms. The van der Waals surface area contributed by atoms with Gasteiger partial charge in [0.1, 0.15) is 13.2 Å². The summed E-state index contributed by atoms with van der Waals surface area (Å²) in [5.41, 5.74) is 0. The Morgan fingerprint density at radius 1 is 0.288 bits per heavy atom. The minimum absolute atomic E-state index is 0.113. The van der Waals surface area contributed by atoms with Crippen molar-refractivity contribution in [3.05, 3.63) is 134 Å². The Morgan fingerprint density at radius 3 is 0.932 bits per heavy atom. The van der Waals surface area contributed by atoms with Gasteiger partial charge in [0.2, 0.25) is 0 Å². The number of hydrogen-bond donors (Lipinski definition) is 0. The zero-order valence-corrected chi connectivity index (χ0v) is 47.1. The number of rotatable bonds is 52. The Kier molecular flexibility index (Phi) is 56.4. The summed E-state index contributed by atoms with van der Waals surface area (Å²) in [6.45, 7) is 6.33. The highest BCUT2D eigenvalue weighted by molar-refractivity contribution is 5.71. The van der Waals surface area contributed by atoms with Gasteiger partial charge in [-0.25, -0.2) is 0 Å². The average Bonchev–Trinajstić information content (AvgIpc) is 3.39. The van der Waals surface area contributed by atoms with E-state index < -0.39 is 6.10 Å². The van der Waals surface area contributed by atoms with E-state index in [1.165, 1.54) is 89.9 Å². The molecule has 0 radical (unpaired) electrons. The second-order valence-electron chi connectivity index (χ2n) is 19.1. The summed E-state index contributed by atoms with van der Waals surface area (Å²) in [5.74, 6) is -1.02. The second-order valence-corrected chi connectivity index (χ2v) is 19.1. The first-order valence-corrected chi connectivity index (χ1v) is 29.7. The van der Waals surface area contributed by atoms with E-state index in [-0.39, 0.29) is 37.5 Å². The molecule has 0 saturated carbocycles. The van der Waals surface area contributed by atoms with E-state index in [9.17, 15) is 14.4 Å². The van der Waals surface area contributed by atoms with E-state index in [2.05, 4.69) is 148 Å². The Labute approximate surface area is 449 Å². The third kappa shape index (κ3) is 58.3. The molecule has 1 atom stereocenters. The molecule has 0 aliphatic carbocycles. The van der Waals surface area contributed by atoms with Gasteiger partial charge in [0.15, 0.2) is 6.10 Å². The molecule has 412 valence electrons. The van der Waals surface area contributed by atoms with Crippen LogP contribution in [-0.4, -0.2) is 37.2 Å². The molecule has 0 aliphatic heterocycles. The highest BCUT2D eigenvalue weighted by Gasteiger charge is 2.19. The maximum Gasteiger partial charge on any atom is 0.306 e. The molecule has 0 saturated heterocycles. The van der Waals surface area contributed by atoms with Crippen molar-refractivity contribution in [1.29, 1.82) is 0 Å². The first-order chi connectivity index (χ1) is 36.0. The van der Waals surface area contributed by atoms with Crippen molar-refractivity contribution in [3.63, 3.8) is 0 Å². The Bertz CT molecular complexity index is 1580. The van der Waals surface area contributed by atoms with E-state index in [4.69, 9.17) is 14.2 Å². The Balaban J connectivity index is 4.55. The smallest absolute Gasteiger partial charge is 0.306 e. The number of hydrogen-bond acceptors (Lipinski definition) is 6. The van der Waals surface area contributed by atoms with Crippen LogP contribution in [0.3, 0.4) is 0 Å². The van der Waals surface area contributed by atoms with Gasteiger partial charge in [-0.3, -0.25) is 14.4 Å². The topological polar surface area (TPSA) is 78.9 Å². The van der Waals surface area contributed by atoms with Gasteiger partial charge in [-0.05, 0) is 122 Å². The standard InChI is InChI=1S/C67H108O6/c1-4-7-10-13-16-19-22-25-28-31-33-36-39-42-45-48-51-54-57-60-66(69)72-63-64(62-71-65(68)59-56-53-50-47-44-41-38-35-30-27-24-21-18-15-12-9-6-3)73-67(70)61-58-55-52-49-46-43-40-37-34-32-29-26-23-20-17-14-11-8-5-2/h7-8,10-11,16-17,19-20,25-30,33-34,36-37,42,45,51,54,64H,4-6,9,12-15,18,21-24,31-32,35,38-41,43-44,46-50,52-53,55-63H2,1-3H3/b10-7-,11-8-,19-16-,20-17-,28-25-,29-26-,30-27-,36-33-,37-34-,45-42-,54-51-. The SMILES string of the molecule is CC/C=C\C/C=C\C/C=C\C/C=C\C/C=C\C/C=C\CCC(=O)OCC(COC(=O)CCCCCCCCC/C=C\CCCCCCCC)OC(=O)CCCCCCCC/C=C\C/C=C\C/C=C\C/C=C\CC. The molecule has 0 aliphatic rings. The van der Waals surface area contributed by atoms with Gasteiger partial charge in [0.05, 0.1) is 0 Å². The third-order valence-electron chi connectivity index (χ3n) is 12.1. The monoisotopic (exact) mass is 1010 g/mol. The summed E-state index contributed by atoms with van der Waals surface area (Å²) in [6.07, 6.45) is 84.5. The van der Waals surface area contributed by atoms with Crippen molar-refractivity contribution < 1.29 is 28.6 Å². The lowest BCUT2D eigenvalue weighted by Gasteiger charge is -2.18. The zero-order valence-electron chi connectivity index (χ0n) is 47.1. The van der Waals surface area contributed by atoms with Gasteiger partial charge >= 0.3 is 17.9 Å². The fourth-order valence-electron chi connectivity index (χ4n) is 7.75. The first kappa shape index (κ1) is 68.6. The minimum atomic E-state index is -0.824. The van der Waals surface area contributed by atoms with Crippen LogP contribution >= 0.6 is 0 Å². The van der Waals surface area contributed by atoms with Crippen molar-refractivity contribution in [3.8, 4) is 0 Å². The fraction of sp³-hybridized carbons (Fsp3) is 0.627. The van der Waals surface area contributed by atoms with Crippen LogP contribution in [0.5, 0.6) is 0 Å². The maximum absolute atomic E-state index is 12.9. The number of ether oxygens (including phenoxy) is 3. The van der Waals surface area contributed by atoms with Crippen LogP contribution in [-0.2, 0) is 28.6 Å². The normalized spacial score (nSPS) is 13.1. The molecule has 0 N–H and O–H groups in total. The average molecular weight is 1010 g/mol. The van der Waals surface area contributed by atoms with Gasteiger partial charge < -0.3 is 14.2 Å². The number of carbonyl (C=O) groups excluding carboxylic acids is 3. The van der Waals surface area contributed by atoms with Gasteiger partial charge in [0.25, 0.3) is 0 Å². The van der Waals surface area contributed by atoms with Crippen LogP contribution in [0.1, 0.15) is 252 Å². The molecule has 0 aromatic heterocycles. The number of carbonyl (C=O) groups is 3. The highest BCUT2D eigenvalue weighted by atomic mass is 16.6. The molecule has 0 fully saturated rings. The zero-order chi connectivity index (χ0) is 52.9. The van der Waals surface area contributed by atoms with E-state index >= 15 is 0 Å². The largest absolute Gasteiger partial charge is 0.462 e. The lowest BCUT2D eigenvalue weighted by atomic mass is 10.1. The van der Waals surface area contributed by atoms with E-state index in [1.807, 2.05) is 6.08 Å². The van der Waals surface area contributed by atoms with Crippen molar-refractivity contribution in [2.75, 3.05) is 13.2 Å². The maximum atomic E-state index is 12.9. The van der Waals surface area contributed by atoms with Gasteiger partial charge in [-0.2, -0.15) is 0 Å². The van der Waals surface area contributed by atoms with Crippen LogP contribution < -0.4 is 0 Å². The predicted octanol–water partition coefficient (Wildman–Crippen LogP) is 20.2.